The number of carbonyl (C=O) groups is 4. The molecule has 8 nitrogen and oxygen atoms in total. The van der Waals surface area contributed by atoms with Crippen molar-refractivity contribution in [2.24, 2.45) is 0 Å². The van der Waals surface area contributed by atoms with Crippen LogP contribution in [-0.4, -0.2) is 51.8 Å². The average Bonchev–Trinajstić information content (AvgIpc) is 2.95. The fourth-order valence-electron chi connectivity index (χ4n) is 3.09. The van der Waals surface area contributed by atoms with Gasteiger partial charge in [-0.1, -0.05) is 0 Å². The summed E-state index contributed by atoms with van der Waals surface area (Å²) in [5.41, 5.74) is 1.38. The van der Waals surface area contributed by atoms with E-state index < -0.39 is 23.4 Å². The number of ether oxygens (including phenoxy) is 1. The van der Waals surface area contributed by atoms with Gasteiger partial charge in [0.05, 0.1) is 6.42 Å². The molecule has 0 radical (unpaired) electrons. The number of hydrogen-bond donors (Lipinski definition) is 1. The van der Waals surface area contributed by atoms with Crippen LogP contribution in [-0.2, 0) is 20.9 Å². The molecular formula is C18H25N3O5. The first-order valence-corrected chi connectivity index (χ1v) is 8.58. The van der Waals surface area contributed by atoms with Crippen LogP contribution in [0.1, 0.15) is 48.9 Å². The Morgan fingerprint density at radius 2 is 1.88 bits per heavy atom. The van der Waals surface area contributed by atoms with Gasteiger partial charge in [0.25, 0.3) is 5.91 Å². The van der Waals surface area contributed by atoms with Gasteiger partial charge in [0, 0.05) is 30.0 Å². The van der Waals surface area contributed by atoms with Crippen molar-refractivity contribution in [3.63, 3.8) is 0 Å². The fraction of sp³-hybridized carbons (Fsp3) is 0.556. The number of aromatic nitrogens is 1. The number of hydrogen-bond acceptors (Lipinski definition) is 5. The van der Waals surface area contributed by atoms with Crippen molar-refractivity contribution in [2.75, 3.05) is 13.2 Å². The van der Waals surface area contributed by atoms with Crippen molar-refractivity contribution in [3.05, 3.63) is 23.0 Å². The molecule has 0 aromatic carbocycles. The first-order valence-electron chi connectivity index (χ1n) is 8.58. The molecule has 26 heavy (non-hydrogen) atoms. The zero-order chi connectivity index (χ0) is 19.6. The van der Waals surface area contributed by atoms with Crippen LogP contribution < -0.4 is 5.32 Å². The molecule has 0 unspecified atom stereocenters. The van der Waals surface area contributed by atoms with E-state index in [1.807, 2.05) is 25.3 Å². The Morgan fingerprint density at radius 3 is 2.38 bits per heavy atom. The van der Waals surface area contributed by atoms with E-state index in [0.29, 0.717) is 5.56 Å². The number of Topliss-reactive ketones (excluding diaryl/α,β-unsaturated/α-hetero) is 1. The monoisotopic (exact) mass is 363 g/mol. The second-order valence-electron chi connectivity index (χ2n) is 6.87. The highest BCUT2D eigenvalue weighted by Gasteiger charge is 2.44. The third-order valence-corrected chi connectivity index (χ3v) is 4.54. The molecule has 3 amide bonds. The van der Waals surface area contributed by atoms with Gasteiger partial charge in [0.2, 0.25) is 5.78 Å². The van der Waals surface area contributed by atoms with E-state index in [1.54, 1.807) is 19.9 Å². The summed E-state index contributed by atoms with van der Waals surface area (Å²) in [5.74, 6) is -1.30. The van der Waals surface area contributed by atoms with E-state index in [4.69, 9.17) is 4.74 Å². The molecule has 1 saturated heterocycles. The van der Waals surface area contributed by atoms with E-state index in [9.17, 15) is 19.2 Å². The number of rotatable bonds is 7. The summed E-state index contributed by atoms with van der Waals surface area (Å²) >= 11 is 0. The molecule has 0 saturated carbocycles. The standard InChI is InChI=1S/C18H25N3O5/c1-6-20-11(2)9-13(12(20)3)14(22)10-26-15(23)7-8-21-16(24)18(4,5)19-17(21)25/h9H,6-8,10H2,1-5H3,(H,19,25). The second-order valence-corrected chi connectivity index (χ2v) is 6.87. The first kappa shape index (κ1) is 19.7. The summed E-state index contributed by atoms with van der Waals surface area (Å²) in [4.78, 5) is 48.9. The Balaban J connectivity index is 1.87. The molecule has 0 spiro atoms. The molecule has 0 aliphatic carbocycles. The third-order valence-electron chi connectivity index (χ3n) is 4.54. The summed E-state index contributed by atoms with van der Waals surface area (Å²) in [6, 6.07) is 1.25. The normalized spacial score (nSPS) is 16.0. The largest absolute Gasteiger partial charge is 0.457 e. The van der Waals surface area contributed by atoms with E-state index in [2.05, 4.69) is 5.32 Å². The molecule has 1 aliphatic rings. The molecule has 8 heteroatoms. The smallest absolute Gasteiger partial charge is 0.325 e. The maximum atomic E-state index is 12.3. The first-order chi connectivity index (χ1) is 12.1. The van der Waals surface area contributed by atoms with Crippen molar-refractivity contribution < 1.29 is 23.9 Å². The molecule has 142 valence electrons. The molecule has 2 heterocycles. The lowest BCUT2D eigenvalue weighted by Gasteiger charge is -2.15. The van der Waals surface area contributed by atoms with Crippen LogP contribution in [0.2, 0.25) is 0 Å². The predicted molar refractivity (Wildman–Crippen MR) is 93.8 cm³/mol. The highest BCUT2D eigenvalue weighted by Crippen LogP contribution is 2.17. The highest BCUT2D eigenvalue weighted by molar-refractivity contribution is 6.06. The zero-order valence-electron chi connectivity index (χ0n) is 15.8. The molecule has 1 N–H and O–H groups in total. The van der Waals surface area contributed by atoms with Gasteiger partial charge in [-0.15, -0.1) is 0 Å². The Morgan fingerprint density at radius 1 is 1.23 bits per heavy atom. The van der Waals surface area contributed by atoms with E-state index in [0.717, 1.165) is 22.8 Å². The maximum Gasteiger partial charge on any atom is 0.325 e. The van der Waals surface area contributed by atoms with Crippen molar-refractivity contribution >= 4 is 23.7 Å². The van der Waals surface area contributed by atoms with Crippen LogP contribution in [0.3, 0.4) is 0 Å². The number of carbonyl (C=O) groups excluding carboxylic acids is 4. The summed E-state index contributed by atoms with van der Waals surface area (Å²) in [7, 11) is 0. The second kappa shape index (κ2) is 7.31. The van der Waals surface area contributed by atoms with Crippen LogP contribution in [0.25, 0.3) is 0 Å². The molecule has 1 fully saturated rings. The number of imide groups is 1. The Bertz CT molecular complexity index is 763. The fourth-order valence-corrected chi connectivity index (χ4v) is 3.09. The lowest BCUT2D eigenvalue weighted by Crippen LogP contribution is -2.40. The van der Waals surface area contributed by atoms with Crippen LogP contribution in [0, 0.1) is 13.8 Å². The topological polar surface area (TPSA) is 97.7 Å². The summed E-state index contributed by atoms with van der Waals surface area (Å²) in [6.45, 7) is 9.26. The van der Waals surface area contributed by atoms with Gasteiger partial charge >= 0.3 is 12.0 Å². The molecule has 2 rings (SSSR count). The Labute approximate surface area is 152 Å². The Kier molecular flexibility index (Phi) is 5.53. The lowest BCUT2D eigenvalue weighted by atomic mass is 10.1. The summed E-state index contributed by atoms with van der Waals surface area (Å²) < 4.78 is 7.02. The molecule has 0 bridgehead atoms. The van der Waals surface area contributed by atoms with E-state index in [1.165, 1.54) is 0 Å². The van der Waals surface area contributed by atoms with Gasteiger partial charge in [0.1, 0.15) is 5.54 Å². The van der Waals surface area contributed by atoms with Gasteiger partial charge in [-0.05, 0) is 40.7 Å². The minimum Gasteiger partial charge on any atom is -0.457 e. The van der Waals surface area contributed by atoms with Crippen LogP contribution in [0.5, 0.6) is 0 Å². The molecule has 1 aromatic rings. The van der Waals surface area contributed by atoms with E-state index >= 15 is 0 Å². The zero-order valence-corrected chi connectivity index (χ0v) is 15.8. The van der Waals surface area contributed by atoms with E-state index in [-0.39, 0.29) is 25.4 Å². The van der Waals surface area contributed by atoms with Crippen molar-refractivity contribution in [1.29, 1.82) is 0 Å². The van der Waals surface area contributed by atoms with Gasteiger partial charge in [-0.2, -0.15) is 0 Å². The van der Waals surface area contributed by atoms with Crippen molar-refractivity contribution in [2.45, 2.75) is 53.1 Å². The van der Waals surface area contributed by atoms with Gasteiger partial charge in [-0.3, -0.25) is 19.3 Å². The average molecular weight is 363 g/mol. The number of amides is 3. The quantitative estimate of drug-likeness (QED) is 0.450. The molecule has 0 atom stereocenters. The van der Waals surface area contributed by atoms with Crippen molar-refractivity contribution in [1.82, 2.24) is 14.8 Å². The summed E-state index contributed by atoms with van der Waals surface area (Å²) in [5, 5.41) is 2.54. The molecular weight excluding hydrogens is 338 g/mol. The minimum atomic E-state index is -0.973. The molecule has 1 aromatic heterocycles. The molecule has 1 aliphatic heterocycles. The SMILES string of the molecule is CCn1c(C)cc(C(=O)COC(=O)CCN2C(=O)NC(C)(C)C2=O)c1C. The number of ketones is 1. The predicted octanol–water partition coefficient (Wildman–Crippen LogP) is 1.57. The third kappa shape index (κ3) is 3.79. The lowest BCUT2D eigenvalue weighted by molar-refractivity contribution is -0.143. The van der Waals surface area contributed by atoms with Crippen LogP contribution in [0.4, 0.5) is 4.79 Å². The minimum absolute atomic E-state index is 0.0779. The van der Waals surface area contributed by atoms with Gasteiger partial charge < -0.3 is 14.6 Å². The number of esters is 1. The van der Waals surface area contributed by atoms with Gasteiger partial charge in [-0.25, -0.2) is 4.79 Å². The maximum absolute atomic E-state index is 12.3. The van der Waals surface area contributed by atoms with Gasteiger partial charge in [0.15, 0.2) is 6.61 Å². The highest BCUT2D eigenvalue weighted by atomic mass is 16.5. The van der Waals surface area contributed by atoms with Crippen LogP contribution in [0.15, 0.2) is 6.07 Å². The Hall–Kier alpha value is -2.64. The summed E-state index contributed by atoms with van der Waals surface area (Å²) in [6.07, 6.45) is -0.156. The van der Waals surface area contributed by atoms with Crippen LogP contribution >= 0.6 is 0 Å². The number of nitrogens with zero attached hydrogens (tertiary/aromatic N) is 2. The van der Waals surface area contributed by atoms with Crippen molar-refractivity contribution in [3.8, 4) is 0 Å². The number of nitrogens with one attached hydrogen (secondary N) is 1. The number of aryl methyl sites for hydroxylation is 1. The number of urea groups is 1.